The quantitative estimate of drug-likeness (QED) is 0.415. The fourth-order valence-electron chi connectivity index (χ4n) is 1.32. The Balaban J connectivity index is 4.61. The van der Waals surface area contributed by atoms with Gasteiger partial charge in [-0.15, -0.1) is 6.58 Å². The van der Waals surface area contributed by atoms with Crippen molar-refractivity contribution < 1.29 is 0 Å². The van der Waals surface area contributed by atoms with Crippen LogP contribution < -0.4 is 0 Å². The van der Waals surface area contributed by atoms with Gasteiger partial charge in [0.15, 0.2) is 0 Å². The molecule has 0 aliphatic rings. The van der Waals surface area contributed by atoms with Crippen molar-refractivity contribution in [1.29, 1.82) is 0 Å². The Morgan fingerprint density at radius 2 is 1.92 bits per heavy atom. The fourth-order valence-corrected chi connectivity index (χ4v) is 1.32. The summed E-state index contributed by atoms with van der Waals surface area (Å²) in [5.74, 6) is 0. The lowest BCUT2D eigenvalue weighted by Gasteiger charge is -2.06. The Kier molecular flexibility index (Phi) is 6.99. The van der Waals surface area contributed by atoms with Crippen LogP contribution >= 0.6 is 0 Å². The molecule has 0 saturated heterocycles. The maximum atomic E-state index is 3.83. The van der Waals surface area contributed by atoms with E-state index in [1.807, 2.05) is 19.1 Å². The molecule has 13 heavy (non-hydrogen) atoms. The summed E-state index contributed by atoms with van der Waals surface area (Å²) in [6.07, 6.45) is 11.2. The summed E-state index contributed by atoms with van der Waals surface area (Å²) in [5, 5.41) is 0. The van der Waals surface area contributed by atoms with E-state index in [1.54, 1.807) is 0 Å². The van der Waals surface area contributed by atoms with Crippen LogP contribution in [0.15, 0.2) is 48.6 Å². The Hall–Kier alpha value is -1.04. The third-order valence-corrected chi connectivity index (χ3v) is 2.07. The molecule has 0 nitrogen and oxygen atoms in total. The van der Waals surface area contributed by atoms with Crippen LogP contribution in [0.25, 0.3) is 0 Å². The van der Waals surface area contributed by atoms with E-state index in [4.69, 9.17) is 0 Å². The van der Waals surface area contributed by atoms with Crippen LogP contribution in [0.1, 0.15) is 33.1 Å². The molecule has 0 heterocycles. The first-order valence-corrected chi connectivity index (χ1v) is 4.85. The van der Waals surface area contributed by atoms with E-state index in [0.29, 0.717) is 0 Å². The first-order valence-electron chi connectivity index (χ1n) is 4.85. The SMILES string of the molecule is C=CCC(CC=CC)=C(C=C)CC. The Labute approximate surface area is 82.4 Å². The zero-order valence-electron chi connectivity index (χ0n) is 8.84. The maximum Gasteiger partial charge on any atom is -0.0130 e. The normalized spacial score (nSPS) is 12.8. The van der Waals surface area contributed by atoms with E-state index in [1.165, 1.54) is 11.1 Å². The number of rotatable bonds is 6. The molecule has 0 aromatic heterocycles. The van der Waals surface area contributed by atoms with Gasteiger partial charge in [-0.2, -0.15) is 0 Å². The summed E-state index contributed by atoms with van der Waals surface area (Å²) < 4.78 is 0. The van der Waals surface area contributed by atoms with Gasteiger partial charge in [0.05, 0.1) is 0 Å². The summed E-state index contributed by atoms with van der Waals surface area (Å²) in [6, 6.07) is 0. The second kappa shape index (κ2) is 7.60. The molecule has 0 N–H and O–H groups in total. The van der Waals surface area contributed by atoms with Gasteiger partial charge in [0.2, 0.25) is 0 Å². The van der Waals surface area contributed by atoms with Crippen molar-refractivity contribution in [3.8, 4) is 0 Å². The molecule has 0 aromatic carbocycles. The summed E-state index contributed by atoms with van der Waals surface area (Å²) in [5.41, 5.74) is 2.80. The molecule has 0 unspecified atom stereocenters. The van der Waals surface area contributed by atoms with Crippen molar-refractivity contribution in [2.45, 2.75) is 33.1 Å². The highest BCUT2D eigenvalue weighted by Crippen LogP contribution is 2.18. The zero-order valence-corrected chi connectivity index (χ0v) is 8.84. The van der Waals surface area contributed by atoms with Gasteiger partial charge in [0.1, 0.15) is 0 Å². The van der Waals surface area contributed by atoms with Gasteiger partial charge in [-0.3, -0.25) is 0 Å². The van der Waals surface area contributed by atoms with E-state index >= 15 is 0 Å². The lowest BCUT2D eigenvalue weighted by atomic mass is 9.99. The second-order valence-electron chi connectivity index (χ2n) is 2.95. The van der Waals surface area contributed by atoms with Crippen molar-refractivity contribution in [2.75, 3.05) is 0 Å². The first kappa shape index (κ1) is 12.0. The molecule has 0 amide bonds. The van der Waals surface area contributed by atoms with E-state index in [0.717, 1.165) is 19.3 Å². The largest absolute Gasteiger partial charge is 0.103 e. The van der Waals surface area contributed by atoms with Gasteiger partial charge < -0.3 is 0 Å². The minimum absolute atomic E-state index is 0.972. The van der Waals surface area contributed by atoms with E-state index in [9.17, 15) is 0 Å². The Morgan fingerprint density at radius 3 is 2.31 bits per heavy atom. The van der Waals surface area contributed by atoms with Gasteiger partial charge in [0.25, 0.3) is 0 Å². The predicted octanol–water partition coefficient (Wildman–Crippen LogP) is 4.42. The van der Waals surface area contributed by atoms with E-state index < -0.39 is 0 Å². The first-order chi connectivity index (χ1) is 6.29. The zero-order chi connectivity index (χ0) is 10.1. The molecule has 0 bridgehead atoms. The highest BCUT2D eigenvalue weighted by Gasteiger charge is 1.98. The van der Waals surface area contributed by atoms with Crippen molar-refractivity contribution in [1.82, 2.24) is 0 Å². The molecular formula is C13H20. The molecule has 0 aromatic rings. The second-order valence-corrected chi connectivity index (χ2v) is 2.95. The topological polar surface area (TPSA) is 0 Å². The fraction of sp³-hybridized carbons (Fsp3) is 0.385. The van der Waals surface area contributed by atoms with E-state index in [-0.39, 0.29) is 0 Å². The summed E-state index contributed by atoms with van der Waals surface area (Å²) >= 11 is 0. The maximum absolute atomic E-state index is 3.83. The van der Waals surface area contributed by atoms with Gasteiger partial charge >= 0.3 is 0 Å². The molecule has 0 rings (SSSR count). The average molecular weight is 176 g/mol. The summed E-state index contributed by atoms with van der Waals surface area (Å²) in [6.45, 7) is 11.8. The summed E-state index contributed by atoms with van der Waals surface area (Å²) in [7, 11) is 0. The lowest BCUT2D eigenvalue weighted by molar-refractivity contribution is 1.01. The van der Waals surface area contributed by atoms with Crippen LogP contribution in [0.4, 0.5) is 0 Å². The highest BCUT2D eigenvalue weighted by atomic mass is 14.0. The Bertz CT molecular complexity index is 216. The minimum Gasteiger partial charge on any atom is -0.103 e. The van der Waals surface area contributed by atoms with E-state index in [2.05, 4.69) is 32.2 Å². The standard InChI is InChI=1S/C13H20/c1-5-9-11-13(10-6-2)12(7-3)8-4/h5-7,9H,2-3,8,10-11H2,1,4H3. The molecule has 0 atom stereocenters. The monoisotopic (exact) mass is 176 g/mol. The molecule has 0 aliphatic carbocycles. The average Bonchev–Trinajstić information content (AvgIpc) is 2.16. The van der Waals surface area contributed by atoms with Gasteiger partial charge in [0, 0.05) is 0 Å². The van der Waals surface area contributed by atoms with Crippen molar-refractivity contribution in [2.24, 2.45) is 0 Å². The van der Waals surface area contributed by atoms with Gasteiger partial charge in [-0.1, -0.05) is 43.4 Å². The third-order valence-electron chi connectivity index (χ3n) is 2.07. The minimum atomic E-state index is 0.972. The highest BCUT2D eigenvalue weighted by molar-refractivity contribution is 5.27. The summed E-state index contributed by atoms with van der Waals surface area (Å²) in [4.78, 5) is 0. The molecule has 0 spiro atoms. The molecule has 0 radical (unpaired) electrons. The Morgan fingerprint density at radius 1 is 1.23 bits per heavy atom. The van der Waals surface area contributed by atoms with Crippen LogP contribution in [0, 0.1) is 0 Å². The van der Waals surface area contributed by atoms with Crippen LogP contribution in [0.5, 0.6) is 0 Å². The molecule has 0 heteroatoms. The lowest BCUT2D eigenvalue weighted by Crippen LogP contribution is -1.87. The number of hydrogen-bond acceptors (Lipinski definition) is 0. The molecule has 0 fully saturated rings. The third kappa shape index (κ3) is 4.51. The number of allylic oxidation sites excluding steroid dienone is 6. The molecule has 72 valence electrons. The van der Waals surface area contributed by atoms with Crippen molar-refractivity contribution >= 4 is 0 Å². The van der Waals surface area contributed by atoms with Gasteiger partial charge in [-0.05, 0) is 31.8 Å². The smallest absolute Gasteiger partial charge is 0.0130 e. The predicted molar refractivity (Wildman–Crippen MR) is 61.8 cm³/mol. The molecule has 0 aliphatic heterocycles. The van der Waals surface area contributed by atoms with Crippen molar-refractivity contribution in [3.63, 3.8) is 0 Å². The van der Waals surface area contributed by atoms with Gasteiger partial charge in [-0.25, -0.2) is 0 Å². The number of hydrogen-bond donors (Lipinski definition) is 0. The van der Waals surface area contributed by atoms with Crippen LogP contribution in [-0.4, -0.2) is 0 Å². The molecular weight excluding hydrogens is 156 g/mol. The van der Waals surface area contributed by atoms with Crippen molar-refractivity contribution in [3.05, 3.63) is 48.6 Å². The van der Waals surface area contributed by atoms with Crippen LogP contribution in [0.2, 0.25) is 0 Å². The van der Waals surface area contributed by atoms with Crippen LogP contribution in [-0.2, 0) is 0 Å². The van der Waals surface area contributed by atoms with Crippen LogP contribution in [0.3, 0.4) is 0 Å². The molecule has 0 saturated carbocycles.